The Morgan fingerprint density at radius 2 is 1.94 bits per heavy atom. The van der Waals surface area contributed by atoms with Crippen LogP contribution < -0.4 is 0 Å². The van der Waals surface area contributed by atoms with Gasteiger partial charge in [0.1, 0.15) is 5.82 Å². The Labute approximate surface area is 114 Å². The van der Waals surface area contributed by atoms with Crippen molar-refractivity contribution in [3.63, 3.8) is 0 Å². The molecule has 0 bridgehead atoms. The smallest absolute Gasteiger partial charge is 0.338 e. The number of hydrogen-bond donors (Lipinski definition) is 0. The fraction of sp³-hybridized carbons (Fsp3) is 0.300. The number of rotatable bonds is 3. The van der Waals surface area contributed by atoms with Crippen molar-refractivity contribution in [3.8, 4) is 0 Å². The summed E-state index contributed by atoms with van der Waals surface area (Å²) in [7, 11) is 4.81. The molecule has 1 aromatic carbocycles. The molecule has 0 aliphatic rings. The SMILES string of the molecule is CCCOC(=O)c1cccc(F)c1.O=S(=O)(Cl)Cl. The first-order chi connectivity index (χ1) is 8.24. The minimum atomic E-state index is -3.72. The lowest BCUT2D eigenvalue weighted by molar-refractivity contribution is 0.0504. The third kappa shape index (κ3) is 10.3. The van der Waals surface area contributed by atoms with Crippen LogP contribution in [0.15, 0.2) is 24.3 Å². The van der Waals surface area contributed by atoms with Crippen molar-refractivity contribution in [1.29, 1.82) is 0 Å². The summed E-state index contributed by atoms with van der Waals surface area (Å²) in [5.74, 6) is -0.896. The molecule has 18 heavy (non-hydrogen) atoms. The van der Waals surface area contributed by atoms with E-state index in [-0.39, 0.29) is 5.56 Å². The molecule has 0 heterocycles. The molecule has 0 fully saturated rings. The predicted molar refractivity (Wildman–Crippen MR) is 67.6 cm³/mol. The van der Waals surface area contributed by atoms with Crippen molar-refractivity contribution >= 4 is 35.6 Å². The highest BCUT2D eigenvalue weighted by Crippen LogP contribution is 2.05. The quantitative estimate of drug-likeness (QED) is 0.635. The van der Waals surface area contributed by atoms with E-state index in [0.29, 0.717) is 6.61 Å². The van der Waals surface area contributed by atoms with Gasteiger partial charge in [-0.2, -0.15) is 8.42 Å². The van der Waals surface area contributed by atoms with Crippen LogP contribution in [0.25, 0.3) is 0 Å². The molecular weight excluding hydrogens is 306 g/mol. The first kappa shape index (κ1) is 17.2. The predicted octanol–water partition coefficient (Wildman–Crippen LogP) is 3.10. The van der Waals surface area contributed by atoms with Gasteiger partial charge < -0.3 is 4.74 Å². The van der Waals surface area contributed by atoms with Gasteiger partial charge in [0, 0.05) is 21.4 Å². The Hall–Kier alpha value is -0.850. The number of halogens is 3. The van der Waals surface area contributed by atoms with Crippen LogP contribution in [0.1, 0.15) is 23.7 Å². The molecule has 0 atom stereocenters. The summed E-state index contributed by atoms with van der Waals surface area (Å²) in [4.78, 5) is 11.2. The molecule has 0 aromatic heterocycles. The van der Waals surface area contributed by atoms with Gasteiger partial charge >= 0.3 is 14.2 Å². The molecular formula is C10H11Cl2FO4S. The third-order valence-corrected chi connectivity index (χ3v) is 1.50. The average molecular weight is 317 g/mol. The average Bonchev–Trinajstić information content (AvgIpc) is 2.23. The fourth-order valence-corrected chi connectivity index (χ4v) is 0.894. The number of benzene rings is 1. The monoisotopic (exact) mass is 316 g/mol. The molecule has 0 N–H and O–H groups in total. The first-order valence-electron chi connectivity index (χ1n) is 4.81. The zero-order valence-corrected chi connectivity index (χ0v) is 11.7. The maximum Gasteiger partial charge on any atom is 0.338 e. The van der Waals surface area contributed by atoms with Crippen LogP contribution in [0.5, 0.6) is 0 Å². The molecule has 0 saturated carbocycles. The third-order valence-electron chi connectivity index (χ3n) is 1.50. The molecule has 4 nitrogen and oxygen atoms in total. The standard InChI is InChI=1S/C10H11FO2.Cl2O2S/c1-2-6-13-10(12)8-4-3-5-9(11)7-8;1-5(2,3)4/h3-5,7H,2,6H2,1H3;. The van der Waals surface area contributed by atoms with Crippen LogP contribution in [0, 0.1) is 5.82 Å². The molecule has 1 rings (SSSR count). The van der Waals surface area contributed by atoms with Crippen molar-refractivity contribution in [2.75, 3.05) is 6.61 Å². The topological polar surface area (TPSA) is 60.4 Å². The molecule has 0 spiro atoms. The molecule has 0 saturated heterocycles. The van der Waals surface area contributed by atoms with Gasteiger partial charge in [0.05, 0.1) is 12.2 Å². The van der Waals surface area contributed by atoms with E-state index in [2.05, 4.69) is 21.4 Å². The molecule has 0 unspecified atom stereocenters. The second kappa shape index (κ2) is 8.29. The highest BCUT2D eigenvalue weighted by Gasteiger charge is 2.06. The van der Waals surface area contributed by atoms with E-state index in [1.165, 1.54) is 18.2 Å². The Kier molecular flexibility index (Phi) is 7.90. The molecule has 0 amide bonds. The van der Waals surface area contributed by atoms with E-state index in [1.54, 1.807) is 0 Å². The minimum absolute atomic E-state index is 0.258. The number of esters is 1. The zero-order chi connectivity index (χ0) is 14.2. The highest BCUT2D eigenvalue weighted by atomic mass is 36.0. The largest absolute Gasteiger partial charge is 0.462 e. The molecule has 102 valence electrons. The fourth-order valence-electron chi connectivity index (χ4n) is 0.894. The minimum Gasteiger partial charge on any atom is -0.462 e. The van der Waals surface area contributed by atoms with Gasteiger partial charge in [-0.1, -0.05) is 13.0 Å². The van der Waals surface area contributed by atoms with Crippen molar-refractivity contribution in [2.45, 2.75) is 13.3 Å². The summed E-state index contributed by atoms with van der Waals surface area (Å²) >= 11 is 0. The van der Waals surface area contributed by atoms with E-state index in [0.717, 1.165) is 12.5 Å². The van der Waals surface area contributed by atoms with Crippen LogP contribution in [-0.4, -0.2) is 21.0 Å². The summed E-state index contributed by atoms with van der Waals surface area (Å²) in [6.07, 6.45) is 0.765. The molecule has 0 radical (unpaired) electrons. The van der Waals surface area contributed by atoms with Crippen LogP contribution in [0.3, 0.4) is 0 Å². The highest BCUT2D eigenvalue weighted by molar-refractivity contribution is 8.31. The van der Waals surface area contributed by atoms with Crippen LogP contribution >= 0.6 is 21.4 Å². The zero-order valence-electron chi connectivity index (χ0n) is 9.40. The summed E-state index contributed by atoms with van der Waals surface area (Å²) in [6, 6.07) is 5.47. The van der Waals surface area contributed by atoms with Crippen LogP contribution in [-0.2, 0) is 13.0 Å². The Morgan fingerprint density at radius 1 is 1.39 bits per heavy atom. The van der Waals surface area contributed by atoms with E-state index in [9.17, 15) is 9.18 Å². The number of carbonyl (C=O) groups excluding carboxylic acids is 1. The van der Waals surface area contributed by atoms with E-state index in [4.69, 9.17) is 13.2 Å². The lowest BCUT2D eigenvalue weighted by atomic mass is 10.2. The summed E-state index contributed by atoms with van der Waals surface area (Å²) in [6.45, 7) is 2.27. The normalized spacial score (nSPS) is 10.2. The van der Waals surface area contributed by atoms with Gasteiger partial charge in [-0.3, -0.25) is 0 Å². The molecule has 0 aliphatic heterocycles. The van der Waals surface area contributed by atoms with Gasteiger partial charge in [0.2, 0.25) is 0 Å². The second-order valence-electron chi connectivity index (χ2n) is 3.02. The van der Waals surface area contributed by atoms with Crippen molar-refractivity contribution < 1.29 is 22.3 Å². The Bertz CT molecular complexity index is 482. The van der Waals surface area contributed by atoms with Crippen LogP contribution in [0.2, 0.25) is 0 Å². The summed E-state index contributed by atoms with van der Waals surface area (Å²) in [5.41, 5.74) is 0.258. The molecule has 1 aromatic rings. The molecule has 8 heteroatoms. The van der Waals surface area contributed by atoms with Gasteiger partial charge in [0.15, 0.2) is 0 Å². The van der Waals surface area contributed by atoms with Gasteiger partial charge in [-0.05, 0) is 24.6 Å². The van der Waals surface area contributed by atoms with Gasteiger partial charge in [0.25, 0.3) is 0 Å². The maximum absolute atomic E-state index is 12.6. The lowest BCUT2D eigenvalue weighted by Gasteiger charge is -2.02. The first-order valence-corrected chi connectivity index (χ1v) is 7.94. The van der Waals surface area contributed by atoms with E-state index < -0.39 is 20.1 Å². The number of hydrogen-bond acceptors (Lipinski definition) is 4. The van der Waals surface area contributed by atoms with Crippen molar-refractivity contribution in [3.05, 3.63) is 35.6 Å². The summed E-state index contributed by atoms with van der Waals surface area (Å²) < 4.78 is 35.8. The maximum atomic E-state index is 12.6. The Balaban J connectivity index is 0.000000494. The van der Waals surface area contributed by atoms with Crippen molar-refractivity contribution in [2.24, 2.45) is 0 Å². The van der Waals surface area contributed by atoms with E-state index >= 15 is 0 Å². The number of carbonyl (C=O) groups is 1. The van der Waals surface area contributed by atoms with Crippen LogP contribution in [0.4, 0.5) is 4.39 Å². The second-order valence-corrected chi connectivity index (χ2v) is 6.69. The Morgan fingerprint density at radius 3 is 2.39 bits per heavy atom. The number of ether oxygens (including phenoxy) is 1. The van der Waals surface area contributed by atoms with Crippen molar-refractivity contribution in [1.82, 2.24) is 0 Å². The van der Waals surface area contributed by atoms with Gasteiger partial charge in [-0.25, -0.2) is 9.18 Å². The van der Waals surface area contributed by atoms with Gasteiger partial charge in [-0.15, -0.1) is 0 Å². The molecule has 0 aliphatic carbocycles. The summed E-state index contributed by atoms with van der Waals surface area (Å²) in [5, 5.41) is 0. The lowest BCUT2D eigenvalue weighted by Crippen LogP contribution is -2.05. The van der Waals surface area contributed by atoms with E-state index in [1.807, 2.05) is 6.92 Å².